The second-order valence-electron chi connectivity index (χ2n) is 8.96. The van der Waals surface area contributed by atoms with Gasteiger partial charge in [-0.3, -0.25) is 4.79 Å². The van der Waals surface area contributed by atoms with Crippen LogP contribution in [0.25, 0.3) is 0 Å². The zero-order valence-electron chi connectivity index (χ0n) is 13.4. The molecule has 2 unspecified atom stereocenters. The molecule has 1 amide bonds. The second kappa shape index (κ2) is 4.97. The van der Waals surface area contributed by atoms with Crippen molar-refractivity contribution in [2.75, 3.05) is 19.6 Å². The first-order valence-electron chi connectivity index (χ1n) is 9.06. The van der Waals surface area contributed by atoms with E-state index in [1.165, 1.54) is 44.9 Å². The molecule has 5 rings (SSSR count). The monoisotopic (exact) mass is 290 g/mol. The molecule has 3 nitrogen and oxygen atoms in total. The van der Waals surface area contributed by atoms with Crippen LogP contribution in [0.4, 0.5) is 0 Å². The first-order valence-corrected chi connectivity index (χ1v) is 9.06. The van der Waals surface area contributed by atoms with E-state index in [2.05, 4.69) is 17.6 Å². The third kappa shape index (κ3) is 2.52. The van der Waals surface area contributed by atoms with E-state index in [-0.39, 0.29) is 5.41 Å². The summed E-state index contributed by atoms with van der Waals surface area (Å²) in [5.74, 6) is 2.77. The van der Waals surface area contributed by atoms with Crippen LogP contribution < -0.4 is 10.6 Å². The van der Waals surface area contributed by atoms with Gasteiger partial charge in [0.25, 0.3) is 0 Å². The largest absolute Gasteiger partial charge is 0.355 e. The summed E-state index contributed by atoms with van der Waals surface area (Å²) in [5.41, 5.74) is 0.474. The molecule has 4 aliphatic carbocycles. The van der Waals surface area contributed by atoms with E-state index in [1.54, 1.807) is 0 Å². The molecule has 2 atom stereocenters. The molecule has 0 radical (unpaired) electrons. The van der Waals surface area contributed by atoms with Crippen molar-refractivity contribution in [3.63, 3.8) is 0 Å². The molecule has 1 saturated heterocycles. The number of carbonyl (C=O) groups is 1. The number of hydrogen-bond acceptors (Lipinski definition) is 2. The first-order chi connectivity index (χ1) is 10.1. The summed E-state index contributed by atoms with van der Waals surface area (Å²) in [4.78, 5) is 13.0. The number of carbonyl (C=O) groups excluding carboxylic acids is 1. The van der Waals surface area contributed by atoms with Gasteiger partial charge in [-0.25, -0.2) is 0 Å². The number of hydrogen-bond donors (Lipinski definition) is 2. The molecule has 1 aliphatic heterocycles. The highest BCUT2D eigenvalue weighted by molar-refractivity contribution is 5.83. The van der Waals surface area contributed by atoms with Gasteiger partial charge in [0.2, 0.25) is 5.91 Å². The fraction of sp³-hybridized carbons (Fsp3) is 0.944. The molecule has 4 bridgehead atoms. The molecule has 21 heavy (non-hydrogen) atoms. The third-order valence-electron chi connectivity index (χ3n) is 6.85. The summed E-state index contributed by atoms with van der Waals surface area (Å²) >= 11 is 0. The molecule has 2 N–H and O–H groups in total. The van der Waals surface area contributed by atoms with Gasteiger partial charge >= 0.3 is 0 Å². The Morgan fingerprint density at radius 1 is 1.14 bits per heavy atom. The summed E-state index contributed by atoms with van der Waals surface area (Å²) in [6.45, 7) is 5.59. The van der Waals surface area contributed by atoms with Gasteiger partial charge in [-0.05, 0) is 87.6 Å². The van der Waals surface area contributed by atoms with Crippen LogP contribution >= 0.6 is 0 Å². The van der Waals surface area contributed by atoms with E-state index in [1.807, 2.05) is 0 Å². The lowest BCUT2D eigenvalue weighted by Gasteiger charge is -2.60. The van der Waals surface area contributed by atoms with Crippen molar-refractivity contribution in [3.05, 3.63) is 0 Å². The Labute approximate surface area is 128 Å². The van der Waals surface area contributed by atoms with Crippen LogP contribution in [0.15, 0.2) is 0 Å². The molecular formula is C18H30N2O. The van der Waals surface area contributed by atoms with Crippen molar-refractivity contribution in [2.24, 2.45) is 28.6 Å². The van der Waals surface area contributed by atoms with E-state index in [0.717, 1.165) is 37.9 Å². The summed E-state index contributed by atoms with van der Waals surface area (Å²) in [7, 11) is 0. The highest BCUT2D eigenvalue weighted by atomic mass is 16.2. The smallest absolute Gasteiger partial charge is 0.226 e. The zero-order chi connectivity index (χ0) is 14.5. The topological polar surface area (TPSA) is 41.1 Å². The van der Waals surface area contributed by atoms with Gasteiger partial charge in [0.05, 0.1) is 5.41 Å². The number of piperidine rings is 1. The Kier molecular flexibility index (Phi) is 3.33. The molecule has 0 aromatic carbocycles. The van der Waals surface area contributed by atoms with Crippen molar-refractivity contribution in [1.29, 1.82) is 0 Å². The fourth-order valence-corrected chi connectivity index (χ4v) is 6.50. The highest BCUT2D eigenvalue weighted by Gasteiger charge is 2.58. The maximum absolute atomic E-state index is 13.0. The fourth-order valence-electron chi connectivity index (χ4n) is 6.50. The minimum absolute atomic E-state index is 0.00570. The summed E-state index contributed by atoms with van der Waals surface area (Å²) in [6.07, 6.45) is 10.1. The molecule has 0 aromatic rings. The second-order valence-corrected chi connectivity index (χ2v) is 8.96. The van der Waals surface area contributed by atoms with Gasteiger partial charge in [-0.2, -0.15) is 0 Å². The molecule has 0 aromatic heterocycles. The molecule has 5 aliphatic rings. The number of nitrogens with one attached hydrogen (secondary N) is 2. The van der Waals surface area contributed by atoms with E-state index in [0.29, 0.717) is 17.2 Å². The Morgan fingerprint density at radius 3 is 2.43 bits per heavy atom. The van der Waals surface area contributed by atoms with E-state index in [9.17, 15) is 4.79 Å². The maximum atomic E-state index is 13.0. The van der Waals surface area contributed by atoms with Crippen LogP contribution in [0.2, 0.25) is 0 Å². The quantitative estimate of drug-likeness (QED) is 0.839. The minimum atomic E-state index is 0.00570. The maximum Gasteiger partial charge on any atom is 0.226 e. The van der Waals surface area contributed by atoms with E-state index >= 15 is 0 Å². The Morgan fingerprint density at radius 2 is 1.81 bits per heavy atom. The average Bonchev–Trinajstić information content (AvgIpc) is 2.43. The standard InChI is InChI=1S/C18H30N2O/c1-17-7-14-6-15(8-17)10-18(9-14,12-17)16(21)20-11-13-2-4-19-5-3-13/h13-15,19H,2-12H2,1H3,(H,20,21). The van der Waals surface area contributed by atoms with E-state index < -0.39 is 0 Å². The lowest BCUT2D eigenvalue weighted by atomic mass is 9.44. The van der Waals surface area contributed by atoms with Gasteiger partial charge in [-0.1, -0.05) is 6.92 Å². The van der Waals surface area contributed by atoms with Crippen LogP contribution in [0.1, 0.15) is 58.3 Å². The van der Waals surface area contributed by atoms with Gasteiger partial charge in [0, 0.05) is 6.54 Å². The van der Waals surface area contributed by atoms with Gasteiger partial charge in [0.15, 0.2) is 0 Å². The minimum Gasteiger partial charge on any atom is -0.355 e. The molecular weight excluding hydrogens is 260 g/mol. The lowest BCUT2D eigenvalue weighted by Crippen LogP contribution is -2.57. The van der Waals surface area contributed by atoms with Crippen LogP contribution in [-0.4, -0.2) is 25.5 Å². The molecule has 4 saturated carbocycles. The highest BCUT2D eigenvalue weighted by Crippen LogP contribution is 2.65. The Bertz CT molecular complexity index is 413. The lowest BCUT2D eigenvalue weighted by molar-refractivity contribution is -0.155. The van der Waals surface area contributed by atoms with Gasteiger partial charge < -0.3 is 10.6 Å². The summed E-state index contributed by atoms with van der Waals surface area (Å²) in [6, 6.07) is 0. The average molecular weight is 290 g/mol. The van der Waals surface area contributed by atoms with Crippen LogP contribution in [0.5, 0.6) is 0 Å². The zero-order valence-corrected chi connectivity index (χ0v) is 13.4. The third-order valence-corrected chi connectivity index (χ3v) is 6.85. The van der Waals surface area contributed by atoms with Crippen LogP contribution in [0.3, 0.4) is 0 Å². The molecule has 3 heteroatoms. The van der Waals surface area contributed by atoms with E-state index in [4.69, 9.17) is 0 Å². The van der Waals surface area contributed by atoms with Crippen LogP contribution in [0, 0.1) is 28.6 Å². The van der Waals surface area contributed by atoms with Crippen molar-refractivity contribution in [1.82, 2.24) is 10.6 Å². The van der Waals surface area contributed by atoms with Gasteiger partial charge in [-0.15, -0.1) is 0 Å². The first kappa shape index (κ1) is 14.0. The van der Waals surface area contributed by atoms with Crippen molar-refractivity contribution in [3.8, 4) is 0 Å². The van der Waals surface area contributed by atoms with Crippen molar-refractivity contribution >= 4 is 5.91 Å². The van der Waals surface area contributed by atoms with Gasteiger partial charge in [0.1, 0.15) is 0 Å². The normalized spacial score (nSPS) is 45.8. The summed E-state index contributed by atoms with van der Waals surface area (Å²) < 4.78 is 0. The van der Waals surface area contributed by atoms with Crippen molar-refractivity contribution in [2.45, 2.75) is 58.3 Å². The number of rotatable bonds is 3. The number of amides is 1. The predicted molar refractivity (Wildman–Crippen MR) is 83.8 cm³/mol. The van der Waals surface area contributed by atoms with Crippen LogP contribution in [-0.2, 0) is 4.79 Å². The molecule has 5 fully saturated rings. The predicted octanol–water partition coefficient (Wildman–Crippen LogP) is 2.71. The SMILES string of the molecule is CC12CC3CC(C1)CC(C(=O)NCC1CCNCC1)(C3)C2. The molecule has 118 valence electrons. The van der Waals surface area contributed by atoms with Crippen molar-refractivity contribution < 1.29 is 4.79 Å². The Balaban J connectivity index is 1.41. The Hall–Kier alpha value is -0.570. The molecule has 1 heterocycles. The molecule has 0 spiro atoms. The summed E-state index contributed by atoms with van der Waals surface area (Å²) in [5, 5.41) is 6.76.